The van der Waals surface area contributed by atoms with Gasteiger partial charge in [-0.3, -0.25) is 19.0 Å². The Morgan fingerprint density at radius 3 is 2.61 bits per heavy atom. The molecule has 144 valence electrons. The fourth-order valence-corrected chi connectivity index (χ4v) is 2.66. The van der Waals surface area contributed by atoms with Crippen LogP contribution in [0.1, 0.15) is 23.0 Å². The van der Waals surface area contributed by atoms with Crippen molar-refractivity contribution in [2.45, 2.75) is 19.9 Å². The third-order valence-electron chi connectivity index (χ3n) is 4.17. The second kappa shape index (κ2) is 8.30. The zero-order chi connectivity index (χ0) is 20.1. The Bertz CT molecular complexity index is 1160. The average Bonchev–Trinajstić information content (AvgIpc) is 2.70. The van der Waals surface area contributed by atoms with Crippen LogP contribution in [-0.4, -0.2) is 31.6 Å². The van der Waals surface area contributed by atoms with Gasteiger partial charge in [-0.2, -0.15) is 0 Å². The van der Waals surface area contributed by atoms with Crippen LogP contribution in [0.25, 0.3) is 5.69 Å². The molecule has 0 radical (unpaired) electrons. The molecular weight excluding hydrogens is 362 g/mol. The number of nitrogens with one attached hydrogen (secondary N) is 2. The van der Waals surface area contributed by atoms with E-state index in [0.717, 1.165) is 10.8 Å². The molecular formula is C19H19N5O4. The first-order valence-corrected chi connectivity index (χ1v) is 8.75. The SMILES string of the molecule is CCc1cc(=O)n(CCNC(=O)c2c[nH]c(=O)n(-c3ccccc3)c2=O)cn1. The Hall–Kier alpha value is -3.75. The van der Waals surface area contributed by atoms with Crippen LogP contribution < -0.4 is 22.1 Å². The van der Waals surface area contributed by atoms with Crippen molar-refractivity contribution >= 4 is 5.91 Å². The van der Waals surface area contributed by atoms with Gasteiger partial charge in [-0.25, -0.2) is 14.3 Å². The van der Waals surface area contributed by atoms with Crippen molar-refractivity contribution in [1.29, 1.82) is 0 Å². The molecule has 0 aliphatic heterocycles. The third-order valence-corrected chi connectivity index (χ3v) is 4.17. The number of amides is 1. The Labute approximate surface area is 159 Å². The second-order valence-corrected chi connectivity index (χ2v) is 6.00. The van der Waals surface area contributed by atoms with E-state index >= 15 is 0 Å². The number of nitrogens with zero attached hydrogens (tertiary/aromatic N) is 3. The molecule has 0 fully saturated rings. The summed E-state index contributed by atoms with van der Waals surface area (Å²) in [6.45, 7) is 2.23. The van der Waals surface area contributed by atoms with Gasteiger partial charge in [-0.1, -0.05) is 25.1 Å². The zero-order valence-corrected chi connectivity index (χ0v) is 15.2. The van der Waals surface area contributed by atoms with Gasteiger partial charge in [0.2, 0.25) is 0 Å². The standard InChI is InChI=1S/C19H19N5O4/c1-2-13-10-16(25)23(12-22-13)9-8-20-17(26)15-11-21-19(28)24(18(15)27)14-6-4-3-5-7-14/h3-7,10-12H,2,8-9H2,1H3,(H,20,26)(H,21,28). The van der Waals surface area contributed by atoms with Gasteiger partial charge in [-0.05, 0) is 18.6 Å². The molecule has 0 spiro atoms. The topological polar surface area (TPSA) is 119 Å². The molecule has 0 unspecified atom stereocenters. The summed E-state index contributed by atoms with van der Waals surface area (Å²) in [5, 5.41) is 2.58. The van der Waals surface area contributed by atoms with Crippen LogP contribution in [0, 0.1) is 0 Å². The van der Waals surface area contributed by atoms with E-state index < -0.39 is 17.2 Å². The molecule has 0 bridgehead atoms. The highest BCUT2D eigenvalue weighted by Crippen LogP contribution is 2.01. The predicted molar refractivity (Wildman–Crippen MR) is 103 cm³/mol. The van der Waals surface area contributed by atoms with E-state index in [4.69, 9.17) is 0 Å². The van der Waals surface area contributed by atoms with E-state index in [0.29, 0.717) is 17.8 Å². The van der Waals surface area contributed by atoms with Gasteiger partial charge < -0.3 is 10.3 Å². The molecule has 0 aliphatic carbocycles. The third kappa shape index (κ3) is 3.98. The molecule has 3 rings (SSSR count). The van der Waals surface area contributed by atoms with Crippen LogP contribution in [0.2, 0.25) is 0 Å². The van der Waals surface area contributed by atoms with Gasteiger partial charge >= 0.3 is 5.69 Å². The van der Waals surface area contributed by atoms with E-state index in [1.807, 2.05) is 6.92 Å². The lowest BCUT2D eigenvalue weighted by atomic mass is 10.2. The summed E-state index contributed by atoms with van der Waals surface area (Å²) in [6, 6.07) is 9.76. The normalized spacial score (nSPS) is 10.6. The Morgan fingerprint density at radius 2 is 1.93 bits per heavy atom. The minimum atomic E-state index is -0.724. The highest BCUT2D eigenvalue weighted by molar-refractivity contribution is 5.93. The molecule has 0 aliphatic rings. The molecule has 1 amide bonds. The molecule has 0 saturated carbocycles. The minimum Gasteiger partial charge on any atom is -0.350 e. The van der Waals surface area contributed by atoms with Crippen LogP contribution in [0.15, 0.2) is 63.3 Å². The summed E-state index contributed by atoms with van der Waals surface area (Å²) in [6.07, 6.45) is 3.17. The smallest absolute Gasteiger partial charge is 0.333 e. The molecule has 2 heterocycles. The van der Waals surface area contributed by atoms with Crippen molar-refractivity contribution < 1.29 is 4.79 Å². The summed E-state index contributed by atoms with van der Waals surface area (Å²) in [5.74, 6) is -0.642. The first-order valence-electron chi connectivity index (χ1n) is 8.75. The molecule has 0 saturated heterocycles. The van der Waals surface area contributed by atoms with Gasteiger partial charge in [-0.15, -0.1) is 0 Å². The molecule has 2 N–H and O–H groups in total. The summed E-state index contributed by atoms with van der Waals surface area (Å²) in [5.41, 5.74) is -0.719. The van der Waals surface area contributed by atoms with Gasteiger partial charge in [0.05, 0.1) is 12.0 Å². The van der Waals surface area contributed by atoms with E-state index in [1.54, 1.807) is 30.3 Å². The summed E-state index contributed by atoms with van der Waals surface area (Å²) in [7, 11) is 0. The molecule has 9 heteroatoms. The highest BCUT2D eigenvalue weighted by atomic mass is 16.2. The van der Waals surface area contributed by atoms with Crippen molar-refractivity contribution in [3.63, 3.8) is 0 Å². The summed E-state index contributed by atoms with van der Waals surface area (Å²) >= 11 is 0. The van der Waals surface area contributed by atoms with Crippen molar-refractivity contribution in [3.8, 4) is 5.69 Å². The maximum absolute atomic E-state index is 12.6. The number of hydrogen-bond donors (Lipinski definition) is 2. The first-order chi connectivity index (χ1) is 13.5. The quantitative estimate of drug-likeness (QED) is 0.627. The van der Waals surface area contributed by atoms with Crippen LogP contribution in [-0.2, 0) is 13.0 Å². The number of aromatic amines is 1. The molecule has 28 heavy (non-hydrogen) atoms. The second-order valence-electron chi connectivity index (χ2n) is 6.00. The lowest BCUT2D eigenvalue weighted by Gasteiger charge is -2.09. The molecule has 0 atom stereocenters. The number of rotatable bonds is 6. The number of aryl methyl sites for hydroxylation is 1. The molecule has 3 aromatic rings. The highest BCUT2D eigenvalue weighted by Gasteiger charge is 2.15. The number of H-pyrrole nitrogens is 1. The van der Waals surface area contributed by atoms with E-state index in [9.17, 15) is 19.2 Å². The van der Waals surface area contributed by atoms with E-state index in [2.05, 4.69) is 15.3 Å². The first kappa shape index (κ1) is 19.0. The summed E-state index contributed by atoms with van der Waals surface area (Å²) < 4.78 is 2.27. The lowest BCUT2D eigenvalue weighted by molar-refractivity contribution is 0.0949. The Kier molecular flexibility index (Phi) is 5.64. The average molecular weight is 381 g/mol. The Morgan fingerprint density at radius 1 is 1.18 bits per heavy atom. The number of carbonyl (C=O) groups excluding carboxylic acids is 1. The van der Waals surface area contributed by atoms with Crippen molar-refractivity contribution in [2.24, 2.45) is 0 Å². The van der Waals surface area contributed by atoms with E-state index in [-0.39, 0.29) is 24.2 Å². The van der Waals surface area contributed by atoms with Gasteiger partial charge in [0.15, 0.2) is 0 Å². The van der Waals surface area contributed by atoms with Gasteiger partial charge in [0, 0.05) is 31.0 Å². The molecule has 2 aromatic heterocycles. The monoisotopic (exact) mass is 381 g/mol. The predicted octanol–water partition coefficient (Wildman–Crippen LogP) is 0.0749. The fourth-order valence-electron chi connectivity index (χ4n) is 2.66. The minimum absolute atomic E-state index is 0.121. The fraction of sp³-hybridized carbons (Fsp3) is 0.211. The van der Waals surface area contributed by atoms with Gasteiger partial charge in [0.1, 0.15) is 5.56 Å². The zero-order valence-electron chi connectivity index (χ0n) is 15.2. The lowest BCUT2D eigenvalue weighted by Crippen LogP contribution is -2.40. The van der Waals surface area contributed by atoms with Crippen molar-refractivity contribution in [1.82, 2.24) is 24.4 Å². The number of aromatic nitrogens is 4. The summed E-state index contributed by atoms with van der Waals surface area (Å²) in [4.78, 5) is 55.5. The largest absolute Gasteiger partial charge is 0.350 e. The maximum Gasteiger partial charge on any atom is 0.333 e. The van der Waals surface area contributed by atoms with Crippen LogP contribution in [0.5, 0.6) is 0 Å². The van der Waals surface area contributed by atoms with Crippen LogP contribution >= 0.6 is 0 Å². The number of para-hydroxylation sites is 1. The van der Waals surface area contributed by atoms with Crippen LogP contribution in [0.4, 0.5) is 0 Å². The van der Waals surface area contributed by atoms with E-state index in [1.165, 1.54) is 17.0 Å². The van der Waals surface area contributed by atoms with Crippen LogP contribution in [0.3, 0.4) is 0 Å². The number of carbonyl (C=O) groups is 1. The maximum atomic E-state index is 12.6. The van der Waals surface area contributed by atoms with Crippen molar-refractivity contribution in [3.05, 3.63) is 91.4 Å². The van der Waals surface area contributed by atoms with Gasteiger partial charge in [0.25, 0.3) is 17.0 Å². The van der Waals surface area contributed by atoms with Crippen molar-refractivity contribution in [2.75, 3.05) is 6.54 Å². The molecule has 9 nitrogen and oxygen atoms in total. The number of hydrogen-bond acceptors (Lipinski definition) is 5. The number of benzene rings is 1. The Balaban J connectivity index is 1.76. The molecule has 1 aromatic carbocycles.